The molecule has 0 saturated carbocycles. The second kappa shape index (κ2) is 7.17. The van der Waals surface area contributed by atoms with Gasteiger partial charge in [0.1, 0.15) is 5.76 Å². The molecule has 3 N–H and O–H groups in total. The number of β-amino-alcohol motifs (C(OH)–C–C–N with tert-alkyl or cyclic N) is 1. The van der Waals surface area contributed by atoms with Crippen LogP contribution in [0.25, 0.3) is 0 Å². The molecule has 26 heavy (non-hydrogen) atoms. The second-order valence-corrected chi connectivity index (χ2v) is 8.00. The number of primary amides is 1. The summed E-state index contributed by atoms with van der Waals surface area (Å²) < 4.78 is 5.72. The predicted molar refractivity (Wildman–Crippen MR) is 96.4 cm³/mol. The quantitative estimate of drug-likeness (QED) is 0.839. The molecule has 0 aromatic carbocycles. The molecule has 1 aliphatic heterocycles. The van der Waals surface area contributed by atoms with Gasteiger partial charge in [0.2, 0.25) is 0 Å². The molecule has 7 heteroatoms. The van der Waals surface area contributed by atoms with Gasteiger partial charge in [0.15, 0.2) is 5.76 Å². The Morgan fingerprint density at radius 3 is 2.77 bits per heavy atom. The lowest BCUT2D eigenvalue weighted by Gasteiger charge is -2.20. The van der Waals surface area contributed by atoms with Crippen molar-refractivity contribution in [1.82, 2.24) is 14.9 Å². The summed E-state index contributed by atoms with van der Waals surface area (Å²) in [6.45, 7) is 8.04. The van der Waals surface area contributed by atoms with Crippen LogP contribution in [0, 0.1) is 5.92 Å². The minimum atomic E-state index is -0.566. The molecular weight excluding hydrogens is 332 g/mol. The Morgan fingerprint density at radius 1 is 1.38 bits per heavy atom. The smallest absolute Gasteiger partial charge is 0.284 e. The number of likely N-dealkylation sites (tertiary alicyclic amines) is 1. The summed E-state index contributed by atoms with van der Waals surface area (Å²) in [4.78, 5) is 22.1. The van der Waals surface area contributed by atoms with E-state index in [1.54, 1.807) is 24.7 Å². The van der Waals surface area contributed by atoms with Crippen LogP contribution >= 0.6 is 0 Å². The third-order valence-electron chi connectivity index (χ3n) is 4.70. The van der Waals surface area contributed by atoms with Crippen molar-refractivity contribution in [2.24, 2.45) is 11.7 Å². The monoisotopic (exact) mass is 358 g/mol. The van der Waals surface area contributed by atoms with E-state index in [1.807, 2.05) is 20.8 Å². The Kier molecular flexibility index (Phi) is 5.11. The lowest BCUT2D eigenvalue weighted by molar-refractivity contribution is 0.0970. The van der Waals surface area contributed by atoms with E-state index >= 15 is 0 Å². The molecule has 2 atom stereocenters. The number of aliphatic hydroxyl groups is 1. The Hall–Kier alpha value is -2.25. The van der Waals surface area contributed by atoms with Crippen LogP contribution in [-0.2, 0) is 18.4 Å². The van der Waals surface area contributed by atoms with Crippen LogP contribution in [-0.4, -0.2) is 45.1 Å². The van der Waals surface area contributed by atoms with Gasteiger partial charge in [-0.15, -0.1) is 0 Å². The number of hydrogen-bond acceptors (Lipinski definition) is 6. The highest BCUT2D eigenvalue weighted by Gasteiger charge is 2.33. The Labute approximate surface area is 153 Å². The van der Waals surface area contributed by atoms with Crippen LogP contribution in [0.4, 0.5) is 0 Å². The SMILES string of the molecule is CC(C)(C)c1oc(C(N)=O)cc1CN1C[C@@H](Cc2cnccn2)[C@H](O)C1. The van der Waals surface area contributed by atoms with Crippen molar-refractivity contribution in [1.29, 1.82) is 0 Å². The summed E-state index contributed by atoms with van der Waals surface area (Å²) in [5.74, 6) is 0.481. The van der Waals surface area contributed by atoms with Crippen LogP contribution in [0.3, 0.4) is 0 Å². The topological polar surface area (TPSA) is 105 Å². The van der Waals surface area contributed by atoms with Crippen LogP contribution in [0.1, 0.15) is 48.3 Å². The van der Waals surface area contributed by atoms with E-state index < -0.39 is 12.0 Å². The molecule has 1 aliphatic rings. The van der Waals surface area contributed by atoms with Crippen LogP contribution < -0.4 is 5.73 Å². The van der Waals surface area contributed by atoms with Gasteiger partial charge in [-0.2, -0.15) is 0 Å². The molecule has 140 valence electrons. The van der Waals surface area contributed by atoms with Gasteiger partial charge in [-0.05, 0) is 12.5 Å². The van der Waals surface area contributed by atoms with Crippen molar-refractivity contribution in [3.05, 3.63) is 47.4 Å². The molecular formula is C19H26N4O3. The maximum absolute atomic E-state index is 11.5. The number of nitrogens with two attached hydrogens (primary N) is 1. The molecule has 0 aliphatic carbocycles. The zero-order chi connectivity index (χ0) is 18.9. The van der Waals surface area contributed by atoms with Gasteiger partial charge in [0.05, 0.1) is 11.8 Å². The molecule has 0 spiro atoms. The number of furan rings is 1. The molecule has 1 saturated heterocycles. The van der Waals surface area contributed by atoms with Crippen molar-refractivity contribution in [2.45, 2.75) is 45.3 Å². The maximum Gasteiger partial charge on any atom is 0.284 e. The van der Waals surface area contributed by atoms with Gasteiger partial charge >= 0.3 is 0 Å². The Morgan fingerprint density at radius 2 is 2.15 bits per heavy atom. The molecule has 1 fully saturated rings. The third-order valence-corrected chi connectivity index (χ3v) is 4.70. The lowest BCUT2D eigenvalue weighted by Crippen LogP contribution is -2.23. The van der Waals surface area contributed by atoms with Crippen LogP contribution in [0.2, 0.25) is 0 Å². The van der Waals surface area contributed by atoms with E-state index in [0.717, 1.165) is 23.6 Å². The zero-order valence-electron chi connectivity index (χ0n) is 15.5. The molecule has 2 aromatic rings. The maximum atomic E-state index is 11.5. The number of rotatable bonds is 5. The van der Waals surface area contributed by atoms with Gasteiger partial charge in [0, 0.05) is 55.1 Å². The summed E-state index contributed by atoms with van der Waals surface area (Å²) in [5.41, 5.74) is 6.97. The Balaban J connectivity index is 1.73. The highest BCUT2D eigenvalue weighted by Crippen LogP contribution is 2.31. The number of carbonyl (C=O) groups is 1. The predicted octanol–water partition coefficient (Wildman–Crippen LogP) is 1.50. The molecule has 1 amide bonds. The first kappa shape index (κ1) is 18.5. The van der Waals surface area contributed by atoms with E-state index in [0.29, 0.717) is 19.5 Å². The standard InChI is InChI=1S/C19H26N4O3/c1-19(2,3)17-13(7-16(26-17)18(20)25)10-23-9-12(15(24)11-23)6-14-8-21-4-5-22-14/h4-5,7-8,12,15,24H,6,9-11H2,1-3H3,(H2,20,25)/t12-,15-/m1/s1. The highest BCUT2D eigenvalue weighted by molar-refractivity contribution is 5.90. The molecule has 7 nitrogen and oxygen atoms in total. The van der Waals surface area contributed by atoms with Gasteiger partial charge in [-0.1, -0.05) is 20.8 Å². The average molecular weight is 358 g/mol. The number of nitrogens with zero attached hydrogens (tertiary/aromatic N) is 3. The number of aromatic nitrogens is 2. The first-order chi connectivity index (χ1) is 12.2. The largest absolute Gasteiger partial charge is 0.455 e. The van der Waals surface area contributed by atoms with Crippen molar-refractivity contribution in [3.8, 4) is 0 Å². The summed E-state index contributed by atoms with van der Waals surface area (Å²) in [7, 11) is 0. The van der Waals surface area contributed by atoms with Crippen LogP contribution in [0.5, 0.6) is 0 Å². The zero-order valence-corrected chi connectivity index (χ0v) is 15.5. The van der Waals surface area contributed by atoms with E-state index in [4.69, 9.17) is 10.2 Å². The fourth-order valence-electron chi connectivity index (χ4n) is 3.52. The van der Waals surface area contributed by atoms with Gasteiger partial charge < -0.3 is 15.3 Å². The molecule has 0 bridgehead atoms. The minimum Gasteiger partial charge on any atom is -0.455 e. The van der Waals surface area contributed by atoms with Crippen molar-refractivity contribution >= 4 is 5.91 Å². The molecule has 2 aromatic heterocycles. The van der Waals surface area contributed by atoms with Gasteiger partial charge in [-0.3, -0.25) is 19.7 Å². The number of aliphatic hydroxyl groups excluding tert-OH is 1. The summed E-state index contributed by atoms with van der Waals surface area (Å²) >= 11 is 0. The minimum absolute atomic E-state index is 0.104. The van der Waals surface area contributed by atoms with Gasteiger partial charge in [0.25, 0.3) is 5.91 Å². The fourth-order valence-corrected chi connectivity index (χ4v) is 3.52. The highest BCUT2D eigenvalue weighted by atomic mass is 16.4. The number of hydrogen-bond donors (Lipinski definition) is 2. The summed E-state index contributed by atoms with van der Waals surface area (Å²) in [5, 5.41) is 10.4. The van der Waals surface area contributed by atoms with E-state index in [-0.39, 0.29) is 17.1 Å². The summed E-state index contributed by atoms with van der Waals surface area (Å²) in [6.07, 6.45) is 5.32. The normalized spacial score (nSPS) is 21.2. The van der Waals surface area contributed by atoms with E-state index in [2.05, 4.69) is 14.9 Å². The first-order valence-corrected chi connectivity index (χ1v) is 8.82. The first-order valence-electron chi connectivity index (χ1n) is 8.82. The molecule has 0 radical (unpaired) electrons. The fraction of sp³-hybridized carbons (Fsp3) is 0.526. The van der Waals surface area contributed by atoms with Gasteiger partial charge in [-0.25, -0.2) is 0 Å². The summed E-state index contributed by atoms with van der Waals surface area (Å²) in [6, 6.07) is 1.73. The molecule has 3 heterocycles. The van der Waals surface area contributed by atoms with Crippen molar-refractivity contribution in [2.75, 3.05) is 13.1 Å². The van der Waals surface area contributed by atoms with E-state index in [9.17, 15) is 9.90 Å². The third kappa shape index (κ3) is 4.11. The number of carbonyl (C=O) groups excluding carboxylic acids is 1. The van der Waals surface area contributed by atoms with Crippen molar-refractivity contribution in [3.63, 3.8) is 0 Å². The van der Waals surface area contributed by atoms with Crippen LogP contribution in [0.15, 0.2) is 29.1 Å². The van der Waals surface area contributed by atoms with E-state index in [1.165, 1.54) is 0 Å². The second-order valence-electron chi connectivity index (χ2n) is 8.00. The average Bonchev–Trinajstić information content (AvgIpc) is 3.13. The molecule has 0 unspecified atom stereocenters. The number of amides is 1. The van der Waals surface area contributed by atoms with Crippen molar-refractivity contribution < 1.29 is 14.3 Å². The lowest BCUT2D eigenvalue weighted by atomic mass is 9.90. The molecule has 3 rings (SSSR count). The Bertz CT molecular complexity index is 767.